The Morgan fingerprint density at radius 1 is 1.42 bits per heavy atom. The lowest BCUT2D eigenvalue weighted by molar-refractivity contribution is -0.120. The molecule has 8 nitrogen and oxygen atoms in total. The molecule has 0 bridgehead atoms. The number of amides is 1. The van der Waals surface area contributed by atoms with Gasteiger partial charge in [0.05, 0.1) is 12.8 Å². The van der Waals surface area contributed by atoms with Crippen LogP contribution >= 0.6 is 11.8 Å². The minimum absolute atomic E-state index is 0.0270. The molecule has 5 rings (SSSR count). The topological polar surface area (TPSA) is 117 Å². The number of amidine groups is 1. The molecule has 198 valence electrons. The van der Waals surface area contributed by atoms with Gasteiger partial charge in [0.2, 0.25) is 5.91 Å². The van der Waals surface area contributed by atoms with Gasteiger partial charge in [0.1, 0.15) is 22.7 Å². The summed E-state index contributed by atoms with van der Waals surface area (Å²) in [5.74, 6) is 7.41. The number of nitrogens with one attached hydrogen (secondary N) is 2. The van der Waals surface area contributed by atoms with E-state index in [1.165, 1.54) is 25.6 Å². The number of rotatable bonds is 6. The number of fused-ring (bicyclic) bond motifs is 1. The number of carbonyl (C=O) groups is 1. The first-order valence-corrected chi connectivity index (χ1v) is 13.2. The van der Waals surface area contributed by atoms with Crippen LogP contribution in [0, 0.1) is 35.0 Å². The van der Waals surface area contributed by atoms with E-state index in [9.17, 15) is 13.6 Å². The number of dihydropyridines is 1. The molecule has 2 aliphatic carbocycles. The first-order chi connectivity index (χ1) is 18.2. The fourth-order valence-electron chi connectivity index (χ4n) is 4.58. The summed E-state index contributed by atoms with van der Waals surface area (Å²) < 4.78 is 32.8. The molecule has 2 aliphatic heterocycles. The first-order valence-electron chi connectivity index (χ1n) is 12.4. The number of allylic oxidation sites excluding steroid dienone is 1. The molecular weight excluding hydrogens is 510 g/mol. The van der Waals surface area contributed by atoms with Crippen molar-refractivity contribution < 1.29 is 18.3 Å². The number of methoxy groups -OCH3 is 1. The molecule has 38 heavy (non-hydrogen) atoms. The molecule has 3 fully saturated rings. The van der Waals surface area contributed by atoms with Crippen molar-refractivity contribution in [3.63, 3.8) is 0 Å². The third-order valence-corrected chi connectivity index (χ3v) is 7.53. The van der Waals surface area contributed by atoms with Crippen LogP contribution in [0.5, 0.6) is 0 Å². The number of aromatic nitrogens is 1. The van der Waals surface area contributed by atoms with Crippen LogP contribution in [0.4, 0.5) is 14.6 Å². The molecular formula is C27H28F2N6O2S. The Balaban J connectivity index is 1.50. The first kappa shape index (κ1) is 26.0. The minimum Gasteiger partial charge on any atom is -0.495 e. The standard InChI is InChI=1S/C27H28F2N6O2S/c1-14(34-27(31)38-23(30)6-5-15-3-4-15)20-12-33-24(35-8-7-16-9-17(16)26(35)36)11-18(20)19-10-21(25(28)29)32-13-22(19)37-2/h10-13,15-17,21,25,30,32H,1,3-4,7-9H2,2H3,(H2,31,34). The van der Waals surface area contributed by atoms with E-state index >= 15 is 0 Å². The Morgan fingerprint density at radius 3 is 2.92 bits per heavy atom. The van der Waals surface area contributed by atoms with Crippen molar-refractivity contribution in [3.05, 3.63) is 48.0 Å². The molecule has 0 spiro atoms. The number of nitrogens with zero attached hydrogens (tertiary/aromatic N) is 3. The highest BCUT2D eigenvalue weighted by atomic mass is 32.2. The number of anilines is 1. The van der Waals surface area contributed by atoms with E-state index in [4.69, 9.17) is 15.9 Å². The predicted molar refractivity (Wildman–Crippen MR) is 145 cm³/mol. The minimum atomic E-state index is -2.66. The van der Waals surface area contributed by atoms with Crippen LogP contribution in [-0.2, 0) is 9.53 Å². The second kappa shape index (κ2) is 10.6. The number of alkyl halides is 2. The summed E-state index contributed by atoms with van der Waals surface area (Å²) in [5, 5.41) is 10.8. The molecule has 1 aromatic rings. The Kier molecular flexibility index (Phi) is 7.25. The normalized spacial score (nSPS) is 24.4. The zero-order valence-electron chi connectivity index (χ0n) is 20.8. The number of halogens is 2. The largest absolute Gasteiger partial charge is 0.495 e. The van der Waals surface area contributed by atoms with E-state index in [2.05, 4.69) is 33.7 Å². The van der Waals surface area contributed by atoms with E-state index in [0.29, 0.717) is 46.7 Å². The lowest BCUT2D eigenvalue weighted by atomic mass is 9.94. The highest BCUT2D eigenvalue weighted by molar-refractivity contribution is 8.26. The highest BCUT2D eigenvalue weighted by Gasteiger charge is 2.48. The van der Waals surface area contributed by atoms with Gasteiger partial charge in [0.15, 0.2) is 5.17 Å². The van der Waals surface area contributed by atoms with Gasteiger partial charge >= 0.3 is 0 Å². The Bertz CT molecular complexity index is 1340. The van der Waals surface area contributed by atoms with Crippen LogP contribution in [-0.4, -0.2) is 47.2 Å². The van der Waals surface area contributed by atoms with E-state index in [1.807, 2.05) is 0 Å². The SMILES string of the molecule is C=C(N=C(N)SC(=N)C#CC1CC1)c1cnc(N2CCC3CC3C2=O)cc1C1=CC(C(F)F)NC=C1OC. The molecule has 4 N–H and O–H groups in total. The number of piperidine rings is 1. The van der Waals surface area contributed by atoms with Crippen molar-refractivity contribution in [2.24, 2.45) is 28.5 Å². The molecule has 3 unspecified atom stereocenters. The smallest absolute Gasteiger partial charge is 0.261 e. The average molecular weight is 539 g/mol. The van der Waals surface area contributed by atoms with Gasteiger partial charge in [-0.1, -0.05) is 12.5 Å². The zero-order valence-corrected chi connectivity index (χ0v) is 21.7. The number of hydrogen-bond acceptors (Lipinski definition) is 7. The average Bonchev–Trinajstić information content (AvgIpc) is 3.82. The van der Waals surface area contributed by atoms with E-state index in [0.717, 1.165) is 37.4 Å². The number of ether oxygens (including phenoxy) is 1. The fourth-order valence-corrected chi connectivity index (χ4v) is 5.06. The molecule has 2 saturated carbocycles. The van der Waals surface area contributed by atoms with Gasteiger partial charge < -0.3 is 15.8 Å². The van der Waals surface area contributed by atoms with Crippen LogP contribution in [0.2, 0.25) is 0 Å². The summed E-state index contributed by atoms with van der Waals surface area (Å²) in [4.78, 5) is 23.4. The van der Waals surface area contributed by atoms with Crippen LogP contribution < -0.4 is 16.0 Å². The van der Waals surface area contributed by atoms with Gasteiger partial charge in [-0.25, -0.2) is 18.8 Å². The van der Waals surface area contributed by atoms with Crippen LogP contribution in [0.3, 0.4) is 0 Å². The number of pyridine rings is 1. The Labute approximate surface area is 224 Å². The van der Waals surface area contributed by atoms with E-state index < -0.39 is 12.5 Å². The molecule has 1 saturated heterocycles. The summed E-state index contributed by atoms with van der Waals surface area (Å²) in [6, 6.07) is 0.454. The van der Waals surface area contributed by atoms with E-state index in [-0.39, 0.29) is 27.7 Å². The fraction of sp³-hybridized carbons (Fsp3) is 0.407. The lowest BCUT2D eigenvalue weighted by Gasteiger charge is -2.28. The summed E-state index contributed by atoms with van der Waals surface area (Å²) in [5.41, 5.74) is 7.61. The summed E-state index contributed by atoms with van der Waals surface area (Å²) >= 11 is 0.918. The third-order valence-electron chi connectivity index (χ3n) is 6.93. The number of thioether (sulfide) groups is 1. The van der Waals surface area contributed by atoms with Gasteiger partial charge in [-0.15, -0.1) is 0 Å². The maximum absolute atomic E-state index is 13.6. The molecule has 0 aromatic carbocycles. The van der Waals surface area contributed by atoms with E-state index in [1.54, 1.807) is 11.0 Å². The highest BCUT2D eigenvalue weighted by Crippen LogP contribution is 2.47. The monoisotopic (exact) mass is 538 g/mol. The van der Waals surface area contributed by atoms with Crippen molar-refractivity contribution in [3.8, 4) is 11.8 Å². The van der Waals surface area contributed by atoms with Gasteiger partial charge in [-0.05, 0) is 67.0 Å². The molecule has 3 atom stereocenters. The summed E-state index contributed by atoms with van der Waals surface area (Å²) in [6.45, 7) is 4.58. The molecule has 1 amide bonds. The van der Waals surface area contributed by atoms with Gasteiger partial charge in [0, 0.05) is 41.9 Å². The molecule has 0 radical (unpaired) electrons. The Hall–Kier alpha value is -3.65. The van der Waals surface area contributed by atoms with Crippen molar-refractivity contribution in [2.45, 2.75) is 38.2 Å². The summed E-state index contributed by atoms with van der Waals surface area (Å²) in [6.07, 6.45) is 5.55. The number of aliphatic imine (C=N–C) groups is 1. The number of carbonyl (C=O) groups excluding carboxylic acids is 1. The van der Waals surface area contributed by atoms with Gasteiger partial charge in [0.25, 0.3) is 6.43 Å². The lowest BCUT2D eigenvalue weighted by Crippen LogP contribution is -2.38. The van der Waals surface area contributed by atoms with Crippen molar-refractivity contribution in [1.82, 2.24) is 10.3 Å². The molecule has 1 aromatic heterocycles. The third kappa shape index (κ3) is 5.60. The van der Waals surface area contributed by atoms with Crippen molar-refractivity contribution >= 4 is 45.0 Å². The van der Waals surface area contributed by atoms with Gasteiger partial charge in [-0.3, -0.25) is 15.1 Å². The summed E-state index contributed by atoms with van der Waals surface area (Å²) in [7, 11) is 1.45. The Morgan fingerprint density at radius 2 is 2.21 bits per heavy atom. The van der Waals surface area contributed by atoms with Crippen LogP contribution in [0.15, 0.2) is 41.9 Å². The predicted octanol–water partition coefficient (Wildman–Crippen LogP) is 3.97. The molecule has 3 heterocycles. The maximum Gasteiger partial charge on any atom is 0.261 e. The maximum atomic E-state index is 13.6. The second-order valence-electron chi connectivity index (χ2n) is 9.66. The zero-order chi connectivity index (χ0) is 27.0. The quantitative estimate of drug-likeness (QED) is 0.287. The van der Waals surface area contributed by atoms with Crippen LogP contribution in [0.1, 0.15) is 36.8 Å². The molecule has 11 heteroatoms. The van der Waals surface area contributed by atoms with Crippen molar-refractivity contribution in [2.75, 3.05) is 18.6 Å². The second-order valence-corrected chi connectivity index (χ2v) is 10.7. The van der Waals surface area contributed by atoms with Crippen LogP contribution in [0.25, 0.3) is 11.3 Å². The van der Waals surface area contributed by atoms with Crippen molar-refractivity contribution in [1.29, 1.82) is 5.41 Å². The number of nitrogens with two attached hydrogens (primary N) is 1. The van der Waals surface area contributed by atoms with Gasteiger partial charge in [-0.2, -0.15) is 0 Å². The number of hydrogen-bond donors (Lipinski definition) is 3. The molecule has 4 aliphatic rings.